The zero-order valence-corrected chi connectivity index (χ0v) is 9.86. The van der Waals surface area contributed by atoms with Gasteiger partial charge in [0, 0.05) is 11.6 Å². The fourth-order valence-electron chi connectivity index (χ4n) is 1.41. The molecule has 2 atom stereocenters. The van der Waals surface area contributed by atoms with Crippen molar-refractivity contribution in [3.63, 3.8) is 0 Å². The van der Waals surface area contributed by atoms with Gasteiger partial charge in [-0.2, -0.15) is 0 Å². The summed E-state index contributed by atoms with van der Waals surface area (Å²) < 4.78 is 5.84. The summed E-state index contributed by atoms with van der Waals surface area (Å²) in [6.07, 6.45) is 2.19. The fourth-order valence-corrected chi connectivity index (χ4v) is 1.41. The quantitative estimate of drug-likeness (QED) is 0.804. The van der Waals surface area contributed by atoms with Crippen LogP contribution in [0.5, 0.6) is 5.75 Å². The van der Waals surface area contributed by atoms with Gasteiger partial charge in [0.25, 0.3) is 0 Å². The lowest BCUT2D eigenvalue weighted by atomic mass is 10.0. The van der Waals surface area contributed by atoms with Gasteiger partial charge in [-0.1, -0.05) is 32.0 Å². The minimum atomic E-state index is 0.0743. The Morgan fingerprint density at radius 2 is 1.87 bits per heavy atom. The van der Waals surface area contributed by atoms with Crippen LogP contribution < -0.4 is 10.5 Å². The zero-order chi connectivity index (χ0) is 11.3. The Balaban J connectivity index is 2.86. The highest BCUT2D eigenvalue weighted by atomic mass is 16.5. The molecule has 1 unspecified atom stereocenters. The van der Waals surface area contributed by atoms with E-state index in [-0.39, 0.29) is 12.1 Å². The van der Waals surface area contributed by atoms with E-state index in [4.69, 9.17) is 10.5 Å². The van der Waals surface area contributed by atoms with Crippen LogP contribution in [0.4, 0.5) is 0 Å². The number of hydrogen-bond donors (Lipinski definition) is 1. The predicted molar refractivity (Wildman–Crippen MR) is 64.0 cm³/mol. The highest BCUT2D eigenvalue weighted by Gasteiger charge is 2.11. The molecule has 0 aromatic heterocycles. The molecule has 1 rings (SSSR count). The van der Waals surface area contributed by atoms with E-state index >= 15 is 0 Å². The molecule has 2 nitrogen and oxygen atoms in total. The molecular weight excluding hydrogens is 186 g/mol. The maximum Gasteiger partial charge on any atom is 0.124 e. The molecule has 0 saturated heterocycles. The molecule has 0 spiro atoms. The molecule has 0 amide bonds. The summed E-state index contributed by atoms with van der Waals surface area (Å²) >= 11 is 0. The lowest BCUT2D eigenvalue weighted by molar-refractivity contribution is 0.214. The van der Waals surface area contributed by atoms with Crippen LogP contribution >= 0.6 is 0 Å². The third-order valence-corrected chi connectivity index (χ3v) is 2.66. The van der Waals surface area contributed by atoms with E-state index in [1.807, 2.05) is 24.3 Å². The Morgan fingerprint density at radius 3 is 2.47 bits per heavy atom. The lowest BCUT2D eigenvalue weighted by Crippen LogP contribution is -2.15. The molecule has 0 bridgehead atoms. The van der Waals surface area contributed by atoms with Gasteiger partial charge in [-0.15, -0.1) is 0 Å². The van der Waals surface area contributed by atoms with Crippen molar-refractivity contribution in [2.24, 2.45) is 5.73 Å². The van der Waals surface area contributed by atoms with E-state index in [2.05, 4.69) is 20.8 Å². The average Bonchev–Trinajstić information content (AvgIpc) is 2.28. The molecular formula is C13H21NO. The highest BCUT2D eigenvalue weighted by molar-refractivity contribution is 5.35. The third kappa shape index (κ3) is 3.24. The summed E-state index contributed by atoms with van der Waals surface area (Å²) in [6, 6.07) is 8.12. The SMILES string of the molecule is CCC(C)Oc1ccccc1[C@H](N)CC. The average molecular weight is 207 g/mol. The first kappa shape index (κ1) is 12.1. The van der Waals surface area contributed by atoms with Crippen LogP contribution in [0, 0.1) is 0 Å². The van der Waals surface area contributed by atoms with E-state index in [0.717, 1.165) is 24.2 Å². The molecule has 1 aromatic carbocycles. The lowest BCUT2D eigenvalue weighted by Gasteiger charge is -2.18. The topological polar surface area (TPSA) is 35.2 Å². The first-order chi connectivity index (χ1) is 7.19. The van der Waals surface area contributed by atoms with Crippen LogP contribution in [0.2, 0.25) is 0 Å². The monoisotopic (exact) mass is 207 g/mol. The van der Waals surface area contributed by atoms with Gasteiger partial charge in [0.05, 0.1) is 6.10 Å². The van der Waals surface area contributed by atoms with Gasteiger partial charge in [-0.3, -0.25) is 0 Å². The van der Waals surface area contributed by atoms with Gasteiger partial charge in [0.2, 0.25) is 0 Å². The number of para-hydroxylation sites is 1. The van der Waals surface area contributed by atoms with E-state index in [1.54, 1.807) is 0 Å². The van der Waals surface area contributed by atoms with Crippen LogP contribution in [0.15, 0.2) is 24.3 Å². The standard InChI is InChI=1S/C13H21NO/c1-4-10(3)15-13-9-7-6-8-11(13)12(14)5-2/h6-10,12H,4-5,14H2,1-3H3/t10?,12-/m1/s1. The highest BCUT2D eigenvalue weighted by Crippen LogP contribution is 2.26. The van der Waals surface area contributed by atoms with E-state index in [1.165, 1.54) is 0 Å². The normalized spacial score (nSPS) is 14.7. The van der Waals surface area contributed by atoms with Crippen molar-refractivity contribution in [1.82, 2.24) is 0 Å². The minimum Gasteiger partial charge on any atom is -0.490 e. The molecule has 0 radical (unpaired) electrons. The van der Waals surface area contributed by atoms with Crippen LogP contribution in [-0.2, 0) is 0 Å². The number of hydrogen-bond acceptors (Lipinski definition) is 2. The Morgan fingerprint density at radius 1 is 1.20 bits per heavy atom. The second kappa shape index (κ2) is 5.76. The molecule has 2 heteroatoms. The van der Waals surface area contributed by atoms with Crippen LogP contribution in [0.1, 0.15) is 45.2 Å². The minimum absolute atomic E-state index is 0.0743. The molecule has 15 heavy (non-hydrogen) atoms. The third-order valence-electron chi connectivity index (χ3n) is 2.66. The van der Waals surface area contributed by atoms with Gasteiger partial charge in [-0.25, -0.2) is 0 Å². The summed E-state index contributed by atoms with van der Waals surface area (Å²) in [7, 11) is 0. The molecule has 2 N–H and O–H groups in total. The van der Waals surface area contributed by atoms with E-state index in [9.17, 15) is 0 Å². The van der Waals surface area contributed by atoms with Crippen molar-refractivity contribution in [3.8, 4) is 5.75 Å². The summed E-state index contributed by atoms with van der Waals surface area (Å²) in [5, 5.41) is 0. The van der Waals surface area contributed by atoms with Crippen molar-refractivity contribution < 1.29 is 4.74 Å². The van der Waals surface area contributed by atoms with Gasteiger partial charge < -0.3 is 10.5 Å². The van der Waals surface area contributed by atoms with Crippen LogP contribution in [0.25, 0.3) is 0 Å². The second-order valence-corrected chi connectivity index (χ2v) is 3.89. The van der Waals surface area contributed by atoms with Crippen molar-refractivity contribution in [2.75, 3.05) is 0 Å². The molecule has 1 aromatic rings. The van der Waals surface area contributed by atoms with E-state index in [0.29, 0.717) is 0 Å². The van der Waals surface area contributed by atoms with Gasteiger partial charge in [0.1, 0.15) is 5.75 Å². The van der Waals surface area contributed by atoms with Crippen molar-refractivity contribution in [3.05, 3.63) is 29.8 Å². The number of nitrogens with two attached hydrogens (primary N) is 1. The Kier molecular flexibility index (Phi) is 4.63. The first-order valence-corrected chi connectivity index (χ1v) is 5.70. The molecule has 84 valence electrons. The number of ether oxygens (including phenoxy) is 1. The molecule has 0 aliphatic carbocycles. The van der Waals surface area contributed by atoms with Gasteiger partial charge in [0.15, 0.2) is 0 Å². The summed E-state index contributed by atoms with van der Waals surface area (Å²) in [5.41, 5.74) is 7.14. The molecule has 0 saturated carbocycles. The Bertz CT molecular complexity index is 298. The first-order valence-electron chi connectivity index (χ1n) is 5.70. The summed E-state index contributed by atoms with van der Waals surface area (Å²) in [6.45, 7) is 6.28. The Hall–Kier alpha value is -1.02. The second-order valence-electron chi connectivity index (χ2n) is 3.89. The largest absolute Gasteiger partial charge is 0.490 e. The van der Waals surface area contributed by atoms with Gasteiger partial charge >= 0.3 is 0 Å². The molecule has 0 fully saturated rings. The zero-order valence-electron chi connectivity index (χ0n) is 9.86. The summed E-state index contributed by atoms with van der Waals surface area (Å²) in [5.74, 6) is 0.932. The molecule has 0 heterocycles. The summed E-state index contributed by atoms with van der Waals surface area (Å²) in [4.78, 5) is 0. The van der Waals surface area contributed by atoms with Crippen LogP contribution in [-0.4, -0.2) is 6.10 Å². The maximum absolute atomic E-state index is 6.03. The van der Waals surface area contributed by atoms with E-state index < -0.39 is 0 Å². The van der Waals surface area contributed by atoms with Crippen molar-refractivity contribution in [2.45, 2.75) is 45.8 Å². The number of benzene rings is 1. The fraction of sp³-hybridized carbons (Fsp3) is 0.538. The predicted octanol–water partition coefficient (Wildman–Crippen LogP) is 3.27. The van der Waals surface area contributed by atoms with Crippen molar-refractivity contribution >= 4 is 0 Å². The van der Waals surface area contributed by atoms with Crippen LogP contribution in [0.3, 0.4) is 0 Å². The smallest absolute Gasteiger partial charge is 0.124 e. The molecule has 0 aliphatic rings. The molecule has 0 aliphatic heterocycles. The van der Waals surface area contributed by atoms with Crippen molar-refractivity contribution in [1.29, 1.82) is 0 Å². The Labute approximate surface area is 92.4 Å². The maximum atomic E-state index is 6.03. The number of rotatable bonds is 5. The van der Waals surface area contributed by atoms with Gasteiger partial charge in [-0.05, 0) is 25.8 Å².